The number of aromatic nitrogens is 2. The first-order valence-corrected chi connectivity index (χ1v) is 8.63. The van der Waals surface area contributed by atoms with E-state index in [0.29, 0.717) is 24.7 Å². The molecule has 2 N–H and O–H groups in total. The van der Waals surface area contributed by atoms with E-state index < -0.39 is 0 Å². The molecule has 0 bridgehead atoms. The van der Waals surface area contributed by atoms with Crippen molar-refractivity contribution in [3.8, 4) is 17.3 Å². The SMILES string of the molecule is COC[C@H](C)NC(=S)N/N=C\c1cn(CCC#N)nc1-c1ccccc1. The normalized spacial score (nSPS) is 11.9. The van der Waals surface area contributed by atoms with Gasteiger partial charge in [-0.15, -0.1) is 0 Å². The van der Waals surface area contributed by atoms with Gasteiger partial charge in [0.05, 0.1) is 31.9 Å². The van der Waals surface area contributed by atoms with E-state index in [1.54, 1.807) is 18.0 Å². The minimum Gasteiger partial charge on any atom is -0.383 e. The van der Waals surface area contributed by atoms with E-state index in [1.807, 2.05) is 43.5 Å². The third-order valence-electron chi connectivity index (χ3n) is 3.45. The molecule has 0 amide bonds. The number of benzene rings is 1. The Labute approximate surface area is 158 Å². The van der Waals surface area contributed by atoms with Crippen molar-refractivity contribution in [3.05, 3.63) is 42.1 Å². The molecular weight excluding hydrogens is 348 g/mol. The highest BCUT2D eigenvalue weighted by Gasteiger charge is 2.10. The van der Waals surface area contributed by atoms with Gasteiger partial charge in [0.1, 0.15) is 5.69 Å². The van der Waals surface area contributed by atoms with Gasteiger partial charge in [0.15, 0.2) is 5.11 Å². The Morgan fingerprint density at radius 3 is 2.92 bits per heavy atom. The van der Waals surface area contributed by atoms with E-state index in [-0.39, 0.29) is 6.04 Å². The van der Waals surface area contributed by atoms with Crippen LogP contribution in [0.4, 0.5) is 0 Å². The Kier molecular flexibility index (Phi) is 7.74. The first-order chi connectivity index (χ1) is 12.6. The molecule has 1 atom stereocenters. The largest absolute Gasteiger partial charge is 0.383 e. The van der Waals surface area contributed by atoms with Crippen LogP contribution in [0.25, 0.3) is 11.3 Å². The van der Waals surface area contributed by atoms with Crippen LogP contribution in [0, 0.1) is 11.3 Å². The number of ether oxygens (including phenoxy) is 1. The Hall–Kier alpha value is -2.76. The summed E-state index contributed by atoms with van der Waals surface area (Å²) in [5, 5.41) is 21.0. The highest BCUT2D eigenvalue weighted by Crippen LogP contribution is 2.20. The zero-order valence-electron chi connectivity index (χ0n) is 14.8. The zero-order chi connectivity index (χ0) is 18.8. The second kappa shape index (κ2) is 10.3. The van der Waals surface area contributed by atoms with Crippen LogP contribution in [-0.2, 0) is 11.3 Å². The predicted molar refractivity (Wildman–Crippen MR) is 106 cm³/mol. The van der Waals surface area contributed by atoms with Crippen molar-refractivity contribution < 1.29 is 4.74 Å². The molecule has 8 heteroatoms. The summed E-state index contributed by atoms with van der Waals surface area (Å²) >= 11 is 5.20. The predicted octanol–water partition coefficient (Wildman–Crippen LogP) is 2.30. The van der Waals surface area contributed by atoms with E-state index in [2.05, 4.69) is 27.0 Å². The number of hydrogen-bond donors (Lipinski definition) is 2. The summed E-state index contributed by atoms with van der Waals surface area (Å²) in [6, 6.07) is 12.1. The van der Waals surface area contributed by atoms with Crippen molar-refractivity contribution in [2.24, 2.45) is 5.10 Å². The average Bonchev–Trinajstić information content (AvgIpc) is 3.04. The van der Waals surface area contributed by atoms with Crippen molar-refractivity contribution in [1.29, 1.82) is 5.26 Å². The number of thiocarbonyl (C=S) groups is 1. The number of methoxy groups -OCH3 is 1. The van der Waals surface area contributed by atoms with Crippen molar-refractivity contribution in [1.82, 2.24) is 20.5 Å². The van der Waals surface area contributed by atoms with Crippen LogP contribution < -0.4 is 10.7 Å². The number of nitrogens with one attached hydrogen (secondary N) is 2. The lowest BCUT2D eigenvalue weighted by atomic mass is 10.1. The Balaban J connectivity index is 2.10. The molecule has 1 aromatic heterocycles. The van der Waals surface area contributed by atoms with Crippen LogP contribution in [0.15, 0.2) is 41.6 Å². The van der Waals surface area contributed by atoms with Crippen molar-refractivity contribution in [3.63, 3.8) is 0 Å². The number of hydrogen-bond acceptors (Lipinski definition) is 5. The van der Waals surface area contributed by atoms with Crippen LogP contribution >= 0.6 is 12.2 Å². The fourth-order valence-corrected chi connectivity index (χ4v) is 2.59. The summed E-state index contributed by atoms with van der Waals surface area (Å²) < 4.78 is 6.81. The molecule has 2 rings (SSSR count). The Morgan fingerprint density at radius 2 is 2.23 bits per heavy atom. The topological polar surface area (TPSA) is 87.3 Å². The number of aryl methyl sites for hydroxylation is 1. The molecule has 1 aromatic carbocycles. The summed E-state index contributed by atoms with van der Waals surface area (Å²) in [5.74, 6) is 0. The van der Waals surface area contributed by atoms with E-state index in [0.717, 1.165) is 16.8 Å². The lowest BCUT2D eigenvalue weighted by Gasteiger charge is -2.13. The Bertz CT molecular complexity index is 781. The molecule has 0 aliphatic rings. The number of hydrazone groups is 1. The molecule has 0 radical (unpaired) electrons. The van der Waals surface area contributed by atoms with Gasteiger partial charge in [0.25, 0.3) is 0 Å². The highest BCUT2D eigenvalue weighted by atomic mass is 32.1. The first-order valence-electron chi connectivity index (χ1n) is 8.22. The van der Waals surface area contributed by atoms with Gasteiger partial charge in [-0.05, 0) is 19.1 Å². The molecule has 0 saturated heterocycles. The van der Waals surface area contributed by atoms with Crippen molar-refractivity contribution in [2.45, 2.75) is 25.9 Å². The summed E-state index contributed by atoms with van der Waals surface area (Å²) in [6.45, 7) is 3.05. The highest BCUT2D eigenvalue weighted by molar-refractivity contribution is 7.80. The fraction of sp³-hybridized carbons (Fsp3) is 0.333. The summed E-state index contributed by atoms with van der Waals surface area (Å²) in [5.41, 5.74) is 5.43. The van der Waals surface area contributed by atoms with E-state index >= 15 is 0 Å². The molecule has 0 saturated carbocycles. The average molecular weight is 370 g/mol. The molecule has 1 heterocycles. The van der Waals surface area contributed by atoms with Crippen molar-refractivity contribution in [2.75, 3.05) is 13.7 Å². The molecular formula is C18H22N6OS. The van der Waals surface area contributed by atoms with Gasteiger partial charge in [-0.2, -0.15) is 15.5 Å². The van der Waals surface area contributed by atoms with Gasteiger partial charge in [0, 0.05) is 30.5 Å². The van der Waals surface area contributed by atoms with Gasteiger partial charge >= 0.3 is 0 Å². The van der Waals surface area contributed by atoms with Crippen LogP contribution in [0.2, 0.25) is 0 Å². The van der Waals surface area contributed by atoms with Gasteiger partial charge in [-0.3, -0.25) is 10.1 Å². The second-order valence-electron chi connectivity index (χ2n) is 5.67. The Morgan fingerprint density at radius 1 is 1.46 bits per heavy atom. The minimum absolute atomic E-state index is 0.0869. The number of rotatable bonds is 8. The summed E-state index contributed by atoms with van der Waals surface area (Å²) in [7, 11) is 1.64. The fourth-order valence-electron chi connectivity index (χ4n) is 2.34. The van der Waals surface area contributed by atoms with E-state index in [9.17, 15) is 0 Å². The minimum atomic E-state index is 0.0869. The van der Waals surface area contributed by atoms with Crippen LogP contribution in [0.5, 0.6) is 0 Å². The first kappa shape index (κ1) is 19.6. The standard InChI is InChI=1S/C18H22N6OS/c1-14(13-25-2)21-18(26)22-20-11-16-12-24(10-6-9-19)23-17(16)15-7-4-3-5-8-15/h3-5,7-8,11-12,14H,6,10,13H2,1-2H3,(H2,21,22,26)/b20-11-/t14-/m0/s1. The van der Waals surface area contributed by atoms with Crippen molar-refractivity contribution >= 4 is 23.5 Å². The van der Waals surface area contributed by atoms with E-state index in [1.165, 1.54) is 0 Å². The molecule has 2 aromatic rings. The summed E-state index contributed by atoms with van der Waals surface area (Å²) in [6.07, 6.45) is 3.94. The molecule has 7 nitrogen and oxygen atoms in total. The van der Waals surface area contributed by atoms with Crippen LogP contribution in [-0.4, -0.2) is 40.9 Å². The molecule has 0 fully saturated rings. The maximum Gasteiger partial charge on any atom is 0.187 e. The molecule has 0 unspecified atom stereocenters. The van der Waals surface area contributed by atoms with E-state index in [4.69, 9.17) is 22.2 Å². The van der Waals surface area contributed by atoms with Gasteiger partial charge < -0.3 is 10.1 Å². The molecule has 0 spiro atoms. The van der Waals surface area contributed by atoms with Crippen LogP contribution in [0.1, 0.15) is 18.9 Å². The molecule has 0 aliphatic carbocycles. The maximum atomic E-state index is 8.78. The van der Waals surface area contributed by atoms with Gasteiger partial charge in [-0.25, -0.2) is 0 Å². The quantitative estimate of drug-likeness (QED) is 0.421. The monoisotopic (exact) mass is 370 g/mol. The molecule has 0 aliphatic heterocycles. The number of nitriles is 1. The third-order valence-corrected chi connectivity index (χ3v) is 3.66. The van der Waals surface area contributed by atoms with Gasteiger partial charge in [-0.1, -0.05) is 30.3 Å². The van der Waals surface area contributed by atoms with Gasteiger partial charge in [0.2, 0.25) is 0 Å². The molecule has 136 valence electrons. The van der Waals surface area contributed by atoms with Crippen LogP contribution in [0.3, 0.4) is 0 Å². The summed E-state index contributed by atoms with van der Waals surface area (Å²) in [4.78, 5) is 0. The lowest BCUT2D eigenvalue weighted by Crippen LogP contribution is -2.40. The second-order valence-corrected chi connectivity index (χ2v) is 6.08. The molecule has 26 heavy (non-hydrogen) atoms. The third kappa shape index (κ3) is 5.95. The smallest absolute Gasteiger partial charge is 0.187 e. The lowest BCUT2D eigenvalue weighted by molar-refractivity contribution is 0.179. The zero-order valence-corrected chi connectivity index (χ0v) is 15.7. The maximum absolute atomic E-state index is 8.78. The number of nitrogens with zero attached hydrogens (tertiary/aromatic N) is 4.